The Kier molecular flexibility index (Phi) is 6.07. The van der Waals surface area contributed by atoms with Crippen LogP contribution in [0, 0.1) is 0 Å². The minimum absolute atomic E-state index is 0.00843. The van der Waals surface area contributed by atoms with Crippen molar-refractivity contribution in [2.45, 2.75) is 76.3 Å². The van der Waals surface area contributed by atoms with E-state index >= 15 is 0 Å². The van der Waals surface area contributed by atoms with Crippen molar-refractivity contribution in [3.63, 3.8) is 0 Å². The SMILES string of the molecule is CCCC[C@]1(CCCOC2CCCCO2)O[C@@H]1CO. The van der Waals surface area contributed by atoms with Gasteiger partial charge in [0.15, 0.2) is 6.29 Å². The molecule has 2 rings (SSSR count). The number of aliphatic hydroxyl groups excluding tert-OH is 1. The van der Waals surface area contributed by atoms with Gasteiger partial charge in [-0.25, -0.2) is 0 Å². The van der Waals surface area contributed by atoms with Crippen LogP contribution in [0.4, 0.5) is 0 Å². The van der Waals surface area contributed by atoms with Crippen LogP contribution in [0.5, 0.6) is 0 Å². The van der Waals surface area contributed by atoms with Crippen LogP contribution in [0.15, 0.2) is 0 Å². The Morgan fingerprint density at radius 3 is 2.74 bits per heavy atom. The largest absolute Gasteiger partial charge is 0.394 e. The number of rotatable bonds is 9. The van der Waals surface area contributed by atoms with Crippen LogP contribution in [0.25, 0.3) is 0 Å². The van der Waals surface area contributed by atoms with Gasteiger partial charge in [0.25, 0.3) is 0 Å². The van der Waals surface area contributed by atoms with E-state index < -0.39 is 0 Å². The lowest BCUT2D eigenvalue weighted by molar-refractivity contribution is -0.163. The highest BCUT2D eigenvalue weighted by molar-refractivity contribution is 5.01. The Bertz CT molecular complexity index is 253. The molecule has 2 aliphatic heterocycles. The highest BCUT2D eigenvalue weighted by Gasteiger charge is 2.54. The van der Waals surface area contributed by atoms with Crippen molar-refractivity contribution < 1.29 is 19.3 Å². The second-order valence-corrected chi connectivity index (χ2v) is 5.73. The average molecular weight is 272 g/mol. The fourth-order valence-electron chi connectivity index (χ4n) is 2.92. The van der Waals surface area contributed by atoms with Crippen molar-refractivity contribution in [2.75, 3.05) is 19.8 Å². The van der Waals surface area contributed by atoms with E-state index in [-0.39, 0.29) is 24.6 Å². The van der Waals surface area contributed by atoms with Crippen molar-refractivity contribution in [1.82, 2.24) is 0 Å². The average Bonchev–Trinajstić information content (AvgIpc) is 3.17. The van der Waals surface area contributed by atoms with Crippen LogP contribution in [-0.2, 0) is 14.2 Å². The van der Waals surface area contributed by atoms with E-state index in [1.54, 1.807) is 0 Å². The molecule has 0 radical (unpaired) electrons. The van der Waals surface area contributed by atoms with E-state index in [1.165, 1.54) is 19.3 Å². The lowest BCUT2D eigenvalue weighted by Gasteiger charge is -2.23. The number of unbranched alkanes of at least 4 members (excludes halogenated alkanes) is 1. The molecule has 0 aromatic rings. The summed E-state index contributed by atoms with van der Waals surface area (Å²) in [5.74, 6) is 0. The van der Waals surface area contributed by atoms with Gasteiger partial charge in [0.2, 0.25) is 0 Å². The summed E-state index contributed by atoms with van der Waals surface area (Å²) in [5.41, 5.74) is -0.0540. The molecule has 0 saturated carbocycles. The van der Waals surface area contributed by atoms with Crippen molar-refractivity contribution in [2.24, 2.45) is 0 Å². The van der Waals surface area contributed by atoms with Gasteiger partial charge in [-0.05, 0) is 38.5 Å². The summed E-state index contributed by atoms with van der Waals surface area (Å²) in [6.07, 6.45) is 8.85. The second kappa shape index (κ2) is 7.58. The zero-order valence-corrected chi connectivity index (χ0v) is 12.1. The van der Waals surface area contributed by atoms with Crippen LogP contribution < -0.4 is 0 Å². The van der Waals surface area contributed by atoms with Crippen molar-refractivity contribution in [3.8, 4) is 0 Å². The van der Waals surface area contributed by atoms with Crippen molar-refractivity contribution in [3.05, 3.63) is 0 Å². The number of hydrogen-bond donors (Lipinski definition) is 1. The van der Waals surface area contributed by atoms with Gasteiger partial charge in [-0.3, -0.25) is 0 Å². The Morgan fingerprint density at radius 2 is 2.11 bits per heavy atom. The molecule has 2 saturated heterocycles. The molecule has 0 aromatic carbocycles. The monoisotopic (exact) mass is 272 g/mol. The van der Waals surface area contributed by atoms with Crippen LogP contribution in [0.2, 0.25) is 0 Å². The van der Waals surface area contributed by atoms with Gasteiger partial charge < -0.3 is 19.3 Å². The highest BCUT2D eigenvalue weighted by Crippen LogP contribution is 2.44. The second-order valence-electron chi connectivity index (χ2n) is 5.73. The first-order valence-corrected chi connectivity index (χ1v) is 7.82. The highest BCUT2D eigenvalue weighted by atomic mass is 16.7. The Balaban J connectivity index is 1.60. The first-order chi connectivity index (χ1) is 9.30. The lowest BCUT2D eigenvalue weighted by Crippen LogP contribution is -2.24. The maximum atomic E-state index is 9.23. The fraction of sp³-hybridized carbons (Fsp3) is 1.00. The van der Waals surface area contributed by atoms with Crippen LogP contribution in [0.1, 0.15) is 58.3 Å². The van der Waals surface area contributed by atoms with E-state index in [9.17, 15) is 5.11 Å². The number of hydrogen-bond acceptors (Lipinski definition) is 4. The van der Waals surface area contributed by atoms with Gasteiger partial charge in [0, 0.05) is 13.2 Å². The number of epoxide rings is 1. The maximum Gasteiger partial charge on any atom is 0.157 e. The summed E-state index contributed by atoms with van der Waals surface area (Å²) in [7, 11) is 0. The van der Waals surface area contributed by atoms with E-state index in [1.807, 2.05) is 0 Å². The van der Waals surface area contributed by atoms with Gasteiger partial charge >= 0.3 is 0 Å². The third kappa shape index (κ3) is 4.42. The molecule has 0 spiro atoms. The topological polar surface area (TPSA) is 51.2 Å². The molecule has 1 N–H and O–H groups in total. The first-order valence-electron chi connectivity index (χ1n) is 7.82. The number of ether oxygens (including phenoxy) is 3. The Hall–Kier alpha value is -0.160. The lowest BCUT2D eigenvalue weighted by atomic mass is 9.93. The van der Waals surface area contributed by atoms with Crippen molar-refractivity contribution in [1.29, 1.82) is 0 Å². The third-order valence-electron chi connectivity index (χ3n) is 4.21. The van der Waals surface area contributed by atoms with E-state index in [2.05, 4.69) is 6.92 Å². The smallest absolute Gasteiger partial charge is 0.157 e. The summed E-state index contributed by atoms with van der Waals surface area (Å²) in [4.78, 5) is 0. The molecule has 0 aliphatic carbocycles. The molecule has 0 aromatic heterocycles. The van der Waals surface area contributed by atoms with Gasteiger partial charge in [-0.15, -0.1) is 0 Å². The molecule has 19 heavy (non-hydrogen) atoms. The van der Waals surface area contributed by atoms with Gasteiger partial charge in [-0.2, -0.15) is 0 Å². The van der Waals surface area contributed by atoms with Gasteiger partial charge in [0.05, 0.1) is 12.2 Å². The molecule has 3 atom stereocenters. The molecule has 2 heterocycles. The zero-order valence-electron chi connectivity index (χ0n) is 12.1. The summed E-state index contributed by atoms with van der Waals surface area (Å²) >= 11 is 0. The molecule has 2 aliphatic rings. The first kappa shape index (κ1) is 15.2. The molecular formula is C15H28O4. The number of aliphatic hydroxyl groups is 1. The van der Waals surface area contributed by atoms with Crippen molar-refractivity contribution >= 4 is 0 Å². The van der Waals surface area contributed by atoms with Gasteiger partial charge in [0.1, 0.15) is 6.10 Å². The molecule has 0 amide bonds. The summed E-state index contributed by atoms with van der Waals surface area (Å²) < 4.78 is 17.0. The van der Waals surface area contributed by atoms with E-state index in [0.29, 0.717) is 0 Å². The fourth-order valence-corrected chi connectivity index (χ4v) is 2.92. The quantitative estimate of drug-likeness (QED) is 0.518. The minimum Gasteiger partial charge on any atom is -0.394 e. The van der Waals surface area contributed by atoms with E-state index in [0.717, 1.165) is 45.3 Å². The normalized spacial score (nSPS) is 34.4. The molecule has 2 fully saturated rings. The zero-order chi connectivity index (χ0) is 13.6. The Morgan fingerprint density at radius 1 is 1.26 bits per heavy atom. The minimum atomic E-state index is -0.0540. The van der Waals surface area contributed by atoms with Crippen LogP contribution in [0.3, 0.4) is 0 Å². The molecule has 1 unspecified atom stereocenters. The molecule has 0 bridgehead atoms. The molecule has 4 heteroatoms. The van der Waals surface area contributed by atoms with E-state index in [4.69, 9.17) is 14.2 Å². The summed E-state index contributed by atoms with van der Waals surface area (Å²) in [6.45, 7) is 3.91. The van der Waals surface area contributed by atoms with Gasteiger partial charge in [-0.1, -0.05) is 19.8 Å². The standard InChI is InChI=1S/C15H28O4/c1-2-3-8-15(13(12-16)19-15)9-6-11-18-14-7-4-5-10-17-14/h13-14,16H,2-12H2,1H3/t13-,14?,15-/m1/s1. The summed E-state index contributed by atoms with van der Waals surface area (Å²) in [6, 6.07) is 0. The third-order valence-corrected chi connectivity index (χ3v) is 4.21. The van der Waals surface area contributed by atoms with Crippen LogP contribution in [-0.4, -0.2) is 42.9 Å². The maximum absolute atomic E-state index is 9.23. The molecular weight excluding hydrogens is 244 g/mol. The molecule has 4 nitrogen and oxygen atoms in total. The predicted octanol–water partition coefficient (Wildman–Crippen LogP) is 2.63. The predicted molar refractivity (Wildman–Crippen MR) is 73.0 cm³/mol. The molecule has 112 valence electrons. The van der Waals surface area contributed by atoms with Crippen LogP contribution >= 0.6 is 0 Å². The Labute approximate surface area is 116 Å². The summed E-state index contributed by atoms with van der Waals surface area (Å²) in [5, 5.41) is 9.23.